The van der Waals surface area contributed by atoms with Gasteiger partial charge in [0.05, 0.1) is 30.9 Å². The van der Waals surface area contributed by atoms with Gasteiger partial charge in [0.2, 0.25) is 0 Å². The molecule has 15 heavy (non-hydrogen) atoms. The molecule has 78 valence electrons. The number of nitrogens with zero attached hydrogens (tertiary/aromatic N) is 1. The Kier molecular flexibility index (Phi) is 3.83. The largest absolute Gasteiger partial charge is 0.465 e. The van der Waals surface area contributed by atoms with Gasteiger partial charge in [-0.15, -0.1) is 0 Å². The van der Waals surface area contributed by atoms with E-state index < -0.39 is 5.97 Å². The lowest BCUT2D eigenvalue weighted by Crippen LogP contribution is -2.04. The number of methoxy groups -OCH3 is 1. The van der Waals surface area contributed by atoms with Gasteiger partial charge in [-0.25, -0.2) is 4.79 Å². The summed E-state index contributed by atoms with van der Waals surface area (Å²) in [5.74, 6) is -0.525. The fraction of sp³-hybridized carbons (Fsp3) is 0.200. The number of halogens is 1. The molecule has 1 N–H and O–H groups in total. The molecule has 0 amide bonds. The molecule has 0 fully saturated rings. The minimum atomic E-state index is -0.525. The normalized spacial score (nSPS) is 9.47. The Bertz CT molecular complexity index is 437. The molecule has 1 aromatic rings. The number of hydrogen-bond acceptors (Lipinski definition) is 4. The summed E-state index contributed by atoms with van der Waals surface area (Å²) in [6.07, 6.45) is 0. The molecule has 0 heterocycles. The first-order valence-corrected chi connectivity index (χ1v) is 4.85. The highest BCUT2D eigenvalue weighted by Gasteiger charge is 2.14. The third-order valence-electron chi connectivity index (χ3n) is 1.89. The number of nitriles is 1. The molecule has 0 saturated carbocycles. The smallest absolute Gasteiger partial charge is 0.339 e. The van der Waals surface area contributed by atoms with Crippen LogP contribution in [0.4, 0.5) is 0 Å². The molecule has 0 atom stereocenters. The summed E-state index contributed by atoms with van der Waals surface area (Å²) in [7, 11) is 1.26. The highest BCUT2D eigenvalue weighted by atomic mass is 79.9. The van der Waals surface area contributed by atoms with E-state index in [0.717, 1.165) is 0 Å². The first kappa shape index (κ1) is 11.7. The third kappa shape index (κ3) is 2.35. The highest BCUT2D eigenvalue weighted by Crippen LogP contribution is 2.22. The van der Waals surface area contributed by atoms with Crippen LogP contribution in [0.2, 0.25) is 0 Å². The highest BCUT2D eigenvalue weighted by molar-refractivity contribution is 9.10. The minimum Gasteiger partial charge on any atom is -0.465 e. The minimum absolute atomic E-state index is 0.247. The number of benzene rings is 1. The Morgan fingerprint density at radius 3 is 2.80 bits per heavy atom. The number of ether oxygens (including phenoxy) is 1. The average Bonchev–Trinajstić information content (AvgIpc) is 2.27. The van der Waals surface area contributed by atoms with Crippen molar-refractivity contribution in [1.29, 1.82) is 5.26 Å². The molecule has 5 heteroatoms. The van der Waals surface area contributed by atoms with E-state index in [4.69, 9.17) is 10.4 Å². The van der Waals surface area contributed by atoms with Gasteiger partial charge in [0.25, 0.3) is 0 Å². The van der Waals surface area contributed by atoms with Crippen molar-refractivity contribution in [2.75, 3.05) is 7.11 Å². The number of esters is 1. The Morgan fingerprint density at radius 2 is 2.33 bits per heavy atom. The number of hydrogen-bond donors (Lipinski definition) is 1. The van der Waals surface area contributed by atoms with E-state index in [1.54, 1.807) is 0 Å². The summed E-state index contributed by atoms with van der Waals surface area (Å²) in [5, 5.41) is 17.8. The second-order valence-electron chi connectivity index (χ2n) is 2.75. The number of aliphatic hydroxyl groups is 1. The van der Waals surface area contributed by atoms with Crippen LogP contribution in [-0.2, 0) is 11.3 Å². The lowest BCUT2D eigenvalue weighted by atomic mass is 10.1. The molecular weight excluding hydrogens is 262 g/mol. The second kappa shape index (κ2) is 4.91. The fourth-order valence-electron chi connectivity index (χ4n) is 1.12. The molecule has 4 nitrogen and oxygen atoms in total. The summed E-state index contributed by atoms with van der Waals surface area (Å²) in [6, 6.07) is 4.83. The SMILES string of the molecule is COC(=O)c1cc(C#N)c(CO)cc1Br. The van der Waals surface area contributed by atoms with E-state index in [1.165, 1.54) is 19.2 Å². The number of rotatable bonds is 2. The second-order valence-corrected chi connectivity index (χ2v) is 3.61. The number of carbonyl (C=O) groups excluding carboxylic acids is 1. The predicted octanol–water partition coefficient (Wildman–Crippen LogP) is 1.60. The van der Waals surface area contributed by atoms with Crippen molar-refractivity contribution in [3.8, 4) is 6.07 Å². The van der Waals surface area contributed by atoms with Gasteiger partial charge in [-0.05, 0) is 33.6 Å². The van der Waals surface area contributed by atoms with Crippen molar-refractivity contribution in [2.45, 2.75) is 6.61 Å². The van der Waals surface area contributed by atoms with Crippen molar-refractivity contribution in [1.82, 2.24) is 0 Å². The standard InChI is InChI=1S/C10H8BrNO3/c1-15-10(14)8-2-6(4-12)7(5-13)3-9(8)11/h2-3,13H,5H2,1H3. The Hall–Kier alpha value is -1.38. The van der Waals surface area contributed by atoms with Crippen molar-refractivity contribution >= 4 is 21.9 Å². The number of carbonyl (C=O) groups is 1. The van der Waals surface area contributed by atoms with Crippen LogP contribution in [0.25, 0.3) is 0 Å². The summed E-state index contributed by atoms with van der Waals surface area (Å²) < 4.78 is 5.05. The molecule has 0 spiro atoms. The first-order valence-electron chi connectivity index (χ1n) is 4.05. The molecule has 1 aromatic carbocycles. The molecule has 0 aliphatic rings. The zero-order chi connectivity index (χ0) is 11.4. The molecule has 0 aromatic heterocycles. The van der Waals surface area contributed by atoms with Crippen LogP contribution in [0.15, 0.2) is 16.6 Å². The lowest BCUT2D eigenvalue weighted by Gasteiger charge is -2.06. The number of aliphatic hydroxyl groups excluding tert-OH is 1. The van der Waals surface area contributed by atoms with Gasteiger partial charge in [-0.3, -0.25) is 0 Å². The summed E-state index contributed by atoms with van der Waals surface area (Å²) in [5.41, 5.74) is 1.00. The maximum atomic E-state index is 11.3. The van der Waals surface area contributed by atoms with Crippen LogP contribution in [0.1, 0.15) is 21.5 Å². The average molecular weight is 270 g/mol. The topological polar surface area (TPSA) is 70.3 Å². The van der Waals surface area contributed by atoms with Crippen LogP contribution in [-0.4, -0.2) is 18.2 Å². The van der Waals surface area contributed by atoms with Crippen LogP contribution in [0.3, 0.4) is 0 Å². The van der Waals surface area contributed by atoms with Crippen LogP contribution < -0.4 is 0 Å². The third-order valence-corrected chi connectivity index (χ3v) is 2.55. The Morgan fingerprint density at radius 1 is 1.67 bits per heavy atom. The van der Waals surface area contributed by atoms with Gasteiger partial charge in [-0.1, -0.05) is 0 Å². The van der Waals surface area contributed by atoms with Crippen LogP contribution in [0.5, 0.6) is 0 Å². The predicted molar refractivity (Wildman–Crippen MR) is 56.1 cm³/mol. The van der Waals surface area contributed by atoms with Gasteiger partial charge in [0, 0.05) is 4.47 Å². The Balaban J connectivity index is 3.33. The van der Waals surface area contributed by atoms with Gasteiger partial charge < -0.3 is 9.84 Å². The van der Waals surface area contributed by atoms with Gasteiger partial charge in [-0.2, -0.15) is 5.26 Å². The van der Waals surface area contributed by atoms with E-state index >= 15 is 0 Å². The molecule has 0 radical (unpaired) electrons. The van der Waals surface area contributed by atoms with Crippen molar-refractivity contribution in [3.05, 3.63) is 33.3 Å². The summed E-state index contributed by atoms with van der Waals surface area (Å²) in [4.78, 5) is 11.3. The van der Waals surface area contributed by atoms with Gasteiger partial charge in [0.15, 0.2) is 0 Å². The molecule has 0 saturated heterocycles. The van der Waals surface area contributed by atoms with E-state index in [9.17, 15) is 4.79 Å². The fourth-order valence-corrected chi connectivity index (χ4v) is 1.67. The van der Waals surface area contributed by atoms with E-state index in [2.05, 4.69) is 20.7 Å². The van der Waals surface area contributed by atoms with Gasteiger partial charge in [0.1, 0.15) is 0 Å². The summed E-state index contributed by atoms with van der Waals surface area (Å²) in [6.45, 7) is -0.247. The molecular formula is C10H8BrNO3. The Labute approximate surface area is 95.2 Å². The van der Waals surface area contributed by atoms with Crippen LogP contribution in [0, 0.1) is 11.3 Å². The van der Waals surface area contributed by atoms with Crippen molar-refractivity contribution in [3.63, 3.8) is 0 Å². The quantitative estimate of drug-likeness (QED) is 0.828. The van der Waals surface area contributed by atoms with E-state index in [-0.39, 0.29) is 17.7 Å². The molecule has 1 rings (SSSR count). The first-order chi connectivity index (χ1) is 7.13. The zero-order valence-electron chi connectivity index (χ0n) is 7.95. The summed E-state index contributed by atoms with van der Waals surface area (Å²) >= 11 is 3.17. The molecule has 0 aliphatic carbocycles. The molecule has 0 bridgehead atoms. The van der Waals surface area contributed by atoms with Crippen molar-refractivity contribution in [2.24, 2.45) is 0 Å². The van der Waals surface area contributed by atoms with Gasteiger partial charge >= 0.3 is 5.97 Å². The lowest BCUT2D eigenvalue weighted by molar-refractivity contribution is 0.0599. The van der Waals surface area contributed by atoms with E-state index in [1.807, 2.05) is 6.07 Å². The van der Waals surface area contributed by atoms with E-state index in [0.29, 0.717) is 10.0 Å². The maximum absolute atomic E-state index is 11.3. The molecule has 0 unspecified atom stereocenters. The zero-order valence-corrected chi connectivity index (χ0v) is 9.54. The maximum Gasteiger partial charge on any atom is 0.339 e. The molecule has 0 aliphatic heterocycles. The van der Waals surface area contributed by atoms with Crippen LogP contribution >= 0.6 is 15.9 Å². The monoisotopic (exact) mass is 269 g/mol. The van der Waals surface area contributed by atoms with Crippen molar-refractivity contribution < 1.29 is 14.6 Å².